The van der Waals surface area contributed by atoms with Gasteiger partial charge in [0.1, 0.15) is 10.7 Å². The van der Waals surface area contributed by atoms with Crippen LogP contribution in [0.15, 0.2) is 17.0 Å². The van der Waals surface area contributed by atoms with E-state index >= 15 is 0 Å². The van der Waals surface area contributed by atoms with Crippen molar-refractivity contribution in [3.8, 4) is 0 Å². The monoisotopic (exact) mass is 276 g/mol. The maximum absolute atomic E-state index is 13.6. The summed E-state index contributed by atoms with van der Waals surface area (Å²) in [5.74, 6) is -0.870. The Morgan fingerprint density at radius 1 is 1.44 bits per heavy atom. The van der Waals surface area contributed by atoms with Gasteiger partial charge in [0.05, 0.1) is 5.60 Å². The van der Waals surface area contributed by atoms with Crippen LogP contribution < -0.4 is 10.5 Å². The number of anilines is 1. The van der Waals surface area contributed by atoms with E-state index in [9.17, 15) is 17.9 Å². The lowest BCUT2D eigenvalue weighted by atomic mass is 10.1. The molecule has 0 radical (unpaired) electrons. The number of nitrogens with two attached hydrogens (primary N) is 1. The summed E-state index contributed by atoms with van der Waals surface area (Å²) in [5, 5.41) is 9.45. The predicted molar refractivity (Wildman–Crippen MR) is 67.0 cm³/mol. The molecule has 0 heterocycles. The summed E-state index contributed by atoms with van der Waals surface area (Å²) in [6, 6.07) is 2.13. The Bertz CT molecular complexity index is 550. The van der Waals surface area contributed by atoms with Crippen molar-refractivity contribution in [3.63, 3.8) is 0 Å². The Morgan fingerprint density at radius 2 is 2.00 bits per heavy atom. The maximum atomic E-state index is 13.6. The lowest BCUT2D eigenvalue weighted by molar-refractivity contribution is 0.0857. The van der Waals surface area contributed by atoms with Gasteiger partial charge < -0.3 is 10.8 Å². The van der Waals surface area contributed by atoms with E-state index in [0.29, 0.717) is 5.56 Å². The van der Waals surface area contributed by atoms with E-state index < -0.39 is 26.3 Å². The Balaban J connectivity index is 3.10. The summed E-state index contributed by atoms with van der Waals surface area (Å²) in [6.45, 7) is 4.24. The lowest BCUT2D eigenvalue weighted by Gasteiger charge is -2.18. The van der Waals surface area contributed by atoms with Crippen LogP contribution in [0, 0.1) is 12.7 Å². The minimum absolute atomic E-state index is 0.194. The number of aliphatic hydroxyl groups is 1. The molecular formula is C11H17FN2O3S. The summed E-state index contributed by atoms with van der Waals surface area (Å²) in [5.41, 5.74) is 5.00. The first-order valence-corrected chi connectivity index (χ1v) is 6.79. The van der Waals surface area contributed by atoms with Crippen LogP contribution in [0.5, 0.6) is 0 Å². The second-order valence-electron chi connectivity index (χ2n) is 4.78. The van der Waals surface area contributed by atoms with Gasteiger partial charge in [-0.3, -0.25) is 0 Å². The molecular weight excluding hydrogens is 259 g/mol. The molecule has 0 saturated heterocycles. The molecule has 0 amide bonds. The zero-order chi connectivity index (χ0) is 14.1. The highest BCUT2D eigenvalue weighted by Crippen LogP contribution is 2.21. The molecule has 18 heavy (non-hydrogen) atoms. The number of nitrogens with one attached hydrogen (secondary N) is 1. The Labute approximate surface area is 106 Å². The van der Waals surface area contributed by atoms with Crippen LogP contribution in [-0.4, -0.2) is 25.7 Å². The topological polar surface area (TPSA) is 92.4 Å². The predicted octanol–water partition coefficient (Wildman–Crippen LogP) is 0.766. The number of hydrogen-bond acceptors (Lipinski definition) is 4. The van der Waals surface area contributed by atoms with Crippen LogP contribution in [0.2, 0.25) is 0 Å². The number of sulfonamides is 1. The highest BCUT2D eigenvalue weighted by Gasteiger charge is 2.23. The lowest BCUT2D eigenvalue weighted by Crippen LogP contribution is -2.38. The molecule has 0 saturated carbocycles. The minimum atomic E-state index is -4.03. The summed E-state index contributed by atoms with van der Waals surface area (Å²) < 4.78 is 39.4. The van der Waals surface area contributed by atoms with Crippen molar-refractivity contribution in [1.29, 1.82) is 0 Å². The second-order valence-corrected chi connectivity index (χ2v) is 6.51. The van der Waals surface area contributed by atoms with Gasteiger partial charge in [0.2, 0.25) is 10.0 Å². The molecule has 0 aliphatic heterocycles. The third-order valence-corrected chi connectivity index (χ3v) is 3.72. The molecule has 0 aliphatic rings. The Kier molecular flexibility index (Phi) is 3.99. The number of halogens is 1. The molecule has 0 unspecified atom stereocenters. The SMILES string of the molecule is Cc1cc(F)c(S(=O)(=O)NCC(C)(C)O)cc1N. The van der Waals surface area contributed by atoms with Crippen LogP contribution in [0.25, 0.3) is 0 Å². The van der Waals surface area contributed by atoms with Crippen molar-refractivity contribution in [2.24, 2.45) is 0 Å². The van der Waals surface area contributed by atoms with E-state index in [4.69, 9.17) is 5.73 Å². The number of aryl methyl sites for hydroxylation is 1. The average Bonchev–Trinajstić information content (AvgIpc) is 2.19. The van der Waals surface area contributed by atoms with Crippen molar-refractivity contribution < 1.29 is 17.9 Å². The fourth-order valence-electron chi connectivity index (χ4n) is 1.22. The van der Waals surface area contributed by atoms with Gasteiger partial charge in [-0.1, -0.05) is 0 Å². The third kappa shape index (κ3) is 3.66. The van der Waals surface area contributed by atoms with Crippen molar-refractivity contribution in [2.75, 3.05) is 12.3 Å². The molecule has 0 aromatic heterocycles. The van der Waals surface area contributed by atoms with Gasteiger partial charge in [0, 0.05) is 12.2 Å². The molecule has 102 valence electrons. The molecule has 1 rings (SSSR count). The first-order chi connectivity index (χ1) is 8.03. The van der Waals surface area contributed by atoms with Crippen molar-refractivity contribution >= 4 is 15.7 Å². The quantitative estimate of drug-likeness (QED) is 0.708. The molecule has 0 atom stereocenters. The van der Waals surface area contributed by atoms with E-state index in [1.54, 1.807) is 6.92 Å². The number of benzene rings is 1. The third-order valence-electron chi connectivity index (χ3n) is 2.30. The minimum Gasteiger partial charge on any atom is -0.398 e. The zero-order valence-electron chi connectivity index (χ0n) is 10.5. The van der Waals surface area contributed by atoms with Crippen molar-refractivity contribution in [3.05, 3.63) is 23.5 Å². The van der Waals surface area contributed by atoms with Crippen LogP contribution >= 0.6 is 0 Å². The average molecular weight is 276 g/mol. The molecule has 4 N–H and O–H groups in total. The van der Waals surface area contributed by atoms with E-state index in [1.807, 2.05) is 0 Å². The van der Waals surface area contributed by atoms with E-state index in [-0.39, 0.29) is 12.2 Å². The van der Waals surface area contributed by atoms with Gasteiger partial charge in [-0.05, 0) is 38.5 Å². The highest BCUT2D eigenvalue weighted by atomic mass is 32.2. The van der Waals surface area contributed by atoms with E-state index in [2.05, 4.69) is 4.72 Å². The first kappa shape index (κ1) is 14.9. The molecule has 7 heteroatoms. The van der Waals surface area contributed by atoms with E-state index in [0.717, 1.165) is 12.1 Å². The number of hydrogen-bond donors (Lipinski definition) is 3. The van der Waals surface area contributed by atoms with Crippen LogP contribution in [-0.2, 0) is 10.0 Å². The van der Waals surface area contributed by atoms with Gasteiger partial charge in [0.15, 0.2) is 0 Å². The van der Waals surface area contributed by atoms with Gasteiger partial charge >= 0.3 is 0 Å². The smallest absolute Gasteiger partial charge is 0.243 e. The highest BCUT2D eigenvalue weighted by molar-refractivity contribution is 7.89. The summed E-state index contributed by atoms with van der Waals surface area (Å²) in [4.78, 5) is -0.519. The normalized spacial score (nSPS) is 12.7. The fourth-order valence-corrected chi connectivity index (χ4v) is 2.52. The van der Waals surface area contributed by atoms with Crippen molar-refractivity contribution in [1.82, 2.24) is 4.72 Å². The Hall–Kier alpha value is -1.18. The van der Waals surface area contributed by atoms with Gasteiger partial charge in [-0.2, -0.15) is 0 Å². The second kappa shape index (κ2) is 4.83. The van der Waals surface area contributed by atoms with E-state index in [1.165, 1.54) is 13.8 Å². The first-order valence-electron chi connectivity index (χ1n) is 5.30. The molecule has 1 aromatic carbocycles. The van der Waals surface area contributed by atoms with Crippen LogP contribution in [0.4, 0.5) is 10.1 Å². The molecule has 0 fully saturated rings. The van der Waals surface area contributed by atoms with Crippen LogP contribution in [0.1, 0.15) is 19.4 Å². The molecule has 1 aromatic rings. The Morgan fingerprint density at radius 3 is 2.50 bits per heavy atom. The van der Waals surface area contributed by atoms with Crippen molar-refractivity contribution in [2.45, 2.75) is 31.3 Å². The van der Waals surface area contributed by atoms with Crippen LogP contribution in [0.3, 0.4) is 0 Å². The number of rotatable bonds is 4. The molecule has 0 spiro atoms. The summed E-state index contributed by atoms with van der Waals surface area (Å²) in [6.07, 6.45) is 0. The molecule has 0 bridgehead atoms. The fraction of sp³-hybridized carbons (Fsp3) is 0.455. The summed E-state index contributed by atoms with van der Waals surface area (Å²) >= 11 is 0. The molecule has 0 aliphatic carbocycles. The largest absolute Gasteiger partial charge is 0.398 e. The van der Waals surface area contributed by atoms with Gasteiger partial charge in [0.25, 0.3) is 0 Å². The zero-order valence-corrected chi connectivity index (χ0v) is 11.3. The van der Waals surface area contributed by atoms with Gasteiger partial charge in [-0.15, -0.1) is 0 Å². The number of nitrogen functional groups attached to an aromatic ring is 1. The molecule has 5 nitrogen and oxygen atoms in total. The standard InChI is InChI=1S/C11H17FN2O3S/c1-7-4-8(12)10(5-9(7)13)18(16,17)14-6-11(2,3)15/h4-5,14-15H,6,13H2,1-3H3. The summed E-state index contributed by atoms with van der Waals surface area (Å²) in [7, 11) is -4.03. The van der Waals surface area contributed by atoms with Gasteiger partial charge in [-0.25, -0.2) is 17.5 Å². The maximum Gasteiger partial charge on any atom is 0.243 e.